The zero-order chi connectivity index (χ0) is 28.0. The highest BCUT2D eigenvalue weighted by atomic mass is 19.1. The second kappa shape index (κ2) is 12.8. The molecule has 4 nitrogen and oxygen atoms in total. The number of anilines is 1. The predicted octanol–water partition coefficient (Wildman–Crippen LogP) is 7.90. The van der Waals surface area contributed by atoms with Crippen molar-refractivity contribution in [2.75, 3.05) is 25.0 Å². The van der Waals surface area contributed by atoms with Crippen LogP contribution in [-0.2, 0) is 5.54 Å². The van der Waals surface area contributed by atoms with Gasteiger partial charge in [-0.15, -0.1) is 0 Å². The molecule has 0 bridgehead atoms. The lowest BCUT2D eigenvalue weighted by Crippen LogP contribution is -2.53. The van der Waals surface area contributed by atoms with Crippen molar-refractivity contribution in [3.05, 3.63) is 95.4 Å². The molecule has 0 radical (unpaired) electrons. The Labute approximate surface area is 234 Å². The van der Waals surface area contributed by atoms with Crippen LogP contribution >= 0.6 is 0 Å². The second-order valence-electron chi connectivity index (χ2n) is 11.1. The van der Waals surface area contributed by atoms with Crippen LogP contribution in [0.4, 0.5) is 10.1 Å². The van der Waals surface area contributed by atoms with E-state index < -0.39 is 5.82 Å². The Morgan fingerprint density at radius 1 is 0.974 bits per heavy atom. The summed E-state index contributed by atoms with van der Waals surface area (Å²) in [5, 5.41) is 16.8. The molecule has 1 saturated heterocycles. The van der Waals surface area contributed by atoms with Crippen LogP contribution in [0.1, 0.15) is 62.6 Å². The van der Waals surface area contributed by atoms with E-state index in [1.165, 1.54) is 59.2 Å². The molecule has 0 spiro atoms. The highest BCUT2D eigenvalue weighted by Crippen LogP contribution is 2.36. The Kier molecular flexibility index (Phi) is 9.47. The summed E-state index contributed by atoms with van der Waals surface area (Å²) in [5.74, 6) is -1.00. The van der Waals surface area contributed by atoms with Gasteiger partial charge in [-0.1, -0.05) is 69.3 Å². The molecule has 0 saturated carbocycles. The van der Waals surface area contributed by atoms with Gasteiger partial charge in [-0.2, -0.15) is 0 Å². The molecule has 1 fully saturated rings. The maximum atomic E-state index is 13.5. The molecular formula is C34H44FN3O. The first-order chi connectivity index (χ1) is 18.7. The van der Waals surface area contributed by atoms with E-state index in [1.54, 1.807) is 6.07 Å². The van der Waals surface area contributed by atoms with E-state index in [4.69, 9.17) is 0 Å². The smallest absolute Gasteiger partial charge is 0.164 e. The third-order valence-electron chi connectivity index (χ3n) is 8.45. The van der Waals surface area contributed by atoms with Crippen LogP contribution in [0.15, 0.2) is 72.9 Å². The summed E-state index contributed by atoms with van der Waals surface area (Å²) in [4.78, 5) is 2.67. The third kappa shape index (κ3) is 6.90. The fourth-order valence-electron chi connectivity index (χ4n) is 5.83. The van der Waals surface area contributed by atoms with Crippen LogP contribution in [0.5, 0.6) is 5.75 Å². The molecule has 0 aromatic heterocycles. The number of phenols is 1. The molecule has 1 aliphatic heterocycles. The molecule has 1 aliphatic rings. The predicted molar refractivity (Wildman–Crippen MR) is 162 cm³/mol. The minimum atomic E-state index is -0.632. The van der Waals surface area contributed by atoms with Crippen molar-refractivity contribution in [2.24, 2.45) is 0 Å². The number of piperidine rings is 1. The number of benzene rings is 3. The standard InChI is InChI=1S/C34H44FN3O/c1-6-8-31(7-2)38-19-17-34(18-20-38,36-23-26(5)37-30-15-16-32(35)33(39)22-30)29-13-11-27(12-14-29)28-10-9-24(3)25(4)21-28/h9-16,21-22,31,36-37,39H,5-8,17-20,23H2,1-4H3. The van der Waals surface area contributed by atoms with Crippen molar-refractivity contribution in [2.45, 2.75) is 71.4 Å². The lowest BCUT2D eigenvalue weighted by molar-refractivity contribution is 0.0914. The summed E-state index contributed by atoms with van der Waals surface area (Å²) in [6.07, 6.45) is 5.67. The molecule has 39 heavy (non-hydrogen) atoms. The second-order valence-corrected chi connectivity index (χ2v) is 11.1. The average Bonchev–Trinajstić information content (AvgIpc) is 2.94. The van der Waals surface area contributed by atoms with Crippen LogP contribution in [0.25, 0.3) is 11.1 Å². The number of nitrogens with one attached hydrogen (secondary N) is 2. The Hall–Kier alpha value is -3.15. The van der Waals surface area contributed by atoms with Gasteiger partial charge in [-0.05, 0) is 79.5 Å². The first-order valence-corrected chi connectivity index (χ1v) is 14.3. The summed E-state index contributed by atoms with van der Waals surface area (Å²) in [7, 11) is 0. The number of nitrogens with zero attached hydrogens (tertiary/aromatic N) is 1. The van der Waals surface area contributed by atoms with Gasteiger partial charge in [0.2, 0.25) is 0 Å². The Morgan fingerprint density at radius 2 is 1.67 bits per heavy atom. The molecule has 0 amide bonds. The third-order valence-corrected chi connectivity index (χ3v) is 8.45. The van der Waals surface area contributed by atoms with Crippen molar-refractivity contribution in [3.8, 4) is 16.9 Å². The molecule has 5 heteroatoms. The van der Waals surface area contributed by atoms with Gasteiger partial charge in [-0.25, -0.2) is 4.39 Å². The number of rotatable bonds is 11. The number of hydrogen-bond acceptors (Lipinski definition) is 4. The van der Waals surface area contributed by atoms with Crippen molar-refractivity contribution in [1.29, 1.82) is 0 Å². The van der Waals surface area contributed by atoms with Crippen LogP contribution in [0, 0.1) is 19.7 Å². The van der Waals surface area contributed by atoms with Crippen LogP contribution in [0.2, 0.25) is 0 Å². The highest BCUT2D eigenvalue weighted by Gasteiger charge is 2.37. The van der Waals surface area contributed by atoms with E-state index in [-0.39, 0.29) is 11.3 Å². The number of halogens is 1. The largest absolute Gasteiger partial charge is 0.505 e. The number of likely N-dealkylation sites (tertiary alicyclic amines) is 1. The van der Waals surface area contributed by atoms with E-state index in [9.17, 15) is 9.50 Å². The van der Waals surface area contributed by atoms with E-state index in [1.807, 2.05) is 0 Å². The summed E-state index contributed by atoms with van der Waals surface area (Å²) in [6, 6.07) is 20.6. The highest BCUT2D eigenvalue weighted by molar-refractivity contribution is 5.65. The van der Waals surface area contributed by atoms with Gasteiger partial charge < -0.3 is 20.6 Å². The molecule has 3 N–H and O–H groups in total. The summed E-state index contributed by atoms with van der Waals surface area (Å²) >= 11 is 0. The molecule has 0 aliphatic carbocycles. The molecular weight excluding hydrogens is 485 g/mol. The zero-order valence-electron chi connectivity index (χ0n) is 24.0. The SMILES string of the molecule is C=C(CNC1(c2ccc(-c3ccc(C)c(C)c3)cc2)CCN(C(CC)CCC)CC1)Nc1ccc(F)c(O)c1. The first kappa shape index (κ1) is 28.8. The Morgan fingerprint density at radius 3 is 2.28 bits per heavy atom. The average molecular weight is 530 g/mol. The van der Waals surface area contributed by atoms with Crippen LogP contribution in [0.3, 0.4) is 0 Å². The number of aromatic hydroxyl groups is 1. The minimum Gasteiger partial charge on any atom is -0.505 e. The van der Waals surface area contributed by atoms with Crippen molar-refractivity contribution in [1.82, 2.24) is 10.2 Å². The van der Waals surface area contributed by atoms with Crippen LogP contribution in [-0.4, -0.2) is 35.7 Å². The van der Waals surface area contributed by atoms with Gasteiger partial charge in [0.05, 0.1) is 0 Å². The van der Waals surface area contributed by atoms with E-state index >= 15 is 0 Å². The van der Waals surface area contributed by atoms with E-state index in [0.29, 0.717) is 18.3 Å². The Balaban J connectivity index is 1.53. The van der Waals surface area contributed by atoms with Gasteiger partial charge in [-0.3, -0.25) is 0 Å². The topological polar surface area (TPSA) is 47.5 Å². The van der Waals surface area contributed by atoms with Gasteiger partial charge in [0.15, 0.2) is 11.6 Å². The normalized spacial score (nSPS) is 16.1. The van der Waals surface area contributed by atoms with Crippen molar-refractivity contribution >= 4 is 5.69 Å². The van der Waals surface area contributed by atoms with E-state index in [0.717, 1.165) is 31.6 Å². The van der Waals surface area contributed by atoms with Crippen molar-refractivity contribution < 1.29 is 9.50 Å². The maximum Gasteiger partial charge on any atom is 0.164 e. The van der Waals surface area contributed by atoms with E-state index in [2.05, 4.69) is 92.3 Å². The summed E-state index contributed by atoms with van der Waals surface area (Å²) in [5.41, 5.74) is 7.60. The fraction of sp³-hybridized carbons (Fsp3) is 0.412. The summed E-state index contributed by atoms with van der Waals surface area (Å²) in [6.45, 7) is 15.7. The molecule has 3 aromatic rings. The minimum absolute atomic E-state index is 0.168. The maximum absolute atomic E-state index is 13.5. The quantitative estimate of drug-likeness (QED) is 0.236. The summed E-state index contributed by atoms with van der Waals surface area (Å²) < 4.78 is 13.5. The molecule has 1 heterocycles. The fourth-order valence-corrected chi connectivity index (χ4v) is 5.83. The lowest BCUT2D eigenvalue weighted by Gasteiger charge is -2.45. The Bertz CT molecular complexity index is 1260. The molecule has 208 valence electrons. The first-order valence-electron chi connectivity index (χ1n) is 14.3. The number of phenolic OH excluding ortho intramolecular Hbond substituents is 1. The zero-order valence-corrected chi connectivity index (χ0v) is 24.0. The number of aryl methyl sites for hydroxylation is 2. The van der Waals surface area contributed by atoms with Crippen LogP contribution < -0.4 is 10.6 Å². The van der Waals surface area contributed by atoms with Gasteiger partial charge in [0, 0.05) is 48.7 Å². The monoisotopic (exact) mass is 529 g/mol. The van der Waals surface area contributed by atoms with Gasteiger partial charge in [0.25, 0.3) is 0 Å². The molecule has 1 unspecified atom stereocenters. The van der Waals surface area contributed by atoms with Crippen molar-refractivity contribution in [3.63, 3.8) is 0 Å². The van der Waals surface area contributed by atoms with Gasteiger partial charge in [0.1, 0.15) is 0 Å². The number of hydrogen-bond donors (Lipinski definition) is 3. The molecule has 1 atom stereocenters. The lowest BCUT2D eigenvalue weighted by atomic mass is 9.79. The molecule has 3 aromatic carbocycles. The molecule has 4 rings (SSSR count). The van der Waals surface area contributed by atoms with Gasteiger partial charge >= 0.3 is 0 Å².